The number of methoxy groups -OCH3 is 1. The van der Waals surface area contributed by atoms with Crippen molar-refractivity contribution < 1.29 is 14.3 Å². The van der Waals surface area contributed by atoms with Gasteiger partial charge in [0.2, 0.25) is 5.91 Å². The molecule has 0 saturated carbocycles. The monoisotopic (exact) mass is 371 g/mol. The molecule has 1 atom stereocenters. The summed E-state index contributed by atoms with van der Waals surface area (Å²) in [6.45, 7) is 10.2. The minimum atomic E-state index is -0.495. The average Bonchev–Trinajstić information content (AvgIpc) is 2.97. The standard InChI is InChI=1S/C21H29N3O3/c1-13-7-8-16-15(11-13)17(18(22-16)20(26)27-5)23-19(25)14(2)24-10-6-9-21(3,4)12-24/h7-8,11,14,22H,6,9-10,12H2,1-5H3,(H,23,25). The van der Waals surface area contributed by atoms with Gasteiger partial charge >= 0.3 is 5.97 Å². The molecule has 1 saturated heterocycles. The number of nitrogens with one attached hydrogen (secondary N) is 2. The first-order chi connectivity index (χ1) is 12.7. The Kier molecular flexibility index (Phi) is 5.29. The number of H-pyrrole nitrogens is 1. The fourth-order valence-electron chi connectivity index (χ4n) is 3.88. The van der Waals surface area contributed by atoms with Crippen molar-refractivity contribution in [2.24, 2.45) is 5.41 Å². The van der Waals surface area contributed by atoms with Crippen LogP contribution in [0.4, 0.5) is 5.69 Å². The number of carbonyl (C=O) groups excluding carboxylic acids is 2. The fourth-order valence-corrected chi connectivity index (χ4v) is 3.88. The smallest absolute Gasteiger partial charge is 0.356 e. The molecule has 6 heteroatoms. The topological polar surface area (TPSA) is 74.4 Å². The molecule has 1 aromatic carbocycles. The van der Waals surface area contributed by atoms with Gasteiger partial charge in [0, 0.05) is 17.4 Å². The minimum Gasteiger partial charge on any atom is -0.464 e. The van der Waals surface area contributed by atoms with Crippen LogP contribution in [0.3, 0.4) is 0 Å². The second-order valence-electron chi connectivity index (χ2n) is 8.32. The van der Waals surface area contributed by atoms with E-state index in [9.17, 15) is 9.59 Å². The van der Waals surface area contributed by atoms with Crippen molar-refractivity contribution >= 4 is 28.5 Å². The Morgan fingerprint density at radius 2 is 2.07 bits per heavy atom. The van der Waals surface area contributed by atoms with Crippen LogP contribution in [0, 0.1) is 12.3 Å². The Hall–Kier alpha value is -2.34. The average molecular weight is 371 g/mol. The van der Waals surface area contributed by atoms with Crippen molar-refractivity contribution in [3.8, 4) is 0 Å². The molecule has 0 radical (unpaired) electrons. The number of hydrogen-bond donors (Lipinski definition) is 2. The van der Waals surface area contributed by atoms with Crippen molar-refractivity contribution in [3.63, 3.8) is 0 Å². The van der Waals surface area contributed by atoms with Gasteiger partial charge in [0.05, 0.1) is 18.8 Å². The molecule has 6 nitrogen and oxygen atoms in total. The number of rotatable bonds is 4. The van der Waals surface area contributed by atoms with E-state index in [-0.39, 0.29) is 23.1 Å². The maximum atomic E-state index is 13.0. The van der Waals surface area contributed by atoms with E-state index in [0.29, 0.717) is 5.69 Å². The highest BCUT2D eigenvalue weighted by molar-refractivity contribution is 6.11. The number of anilines is 1. The zero-order valence-electron chi connectivity index (χ0n) is 16.8. The molecule has 0 aliphatic carbocycles. The molecule has 1 aliphatic rings. The zero-order chi connectivity index (χ0) is 19.8. The lowest BCUT2D eigenvalue weighted by Crippen LogP contribution is -2.49. The summed E-state index contributed by atoms with van der Waals surface area (Å²) in [5, 5.41) is 3.80. The maximum absolute atomic E-state index is 13.0. The van der Waals surface area contributed by atoms with Gasteiger partial charge in [-0.25, -0.2) is 4.79 Å². The highest BCUT2D eigenvalue weighted by Crippen LogP contribution is 2.31. The Bertz CT molecular complexity index is 869. The van der Waals surface area contributed by atoms with Gasteiger partial charge in [-0.3, -0.25) is 9.69 Å². The van der Waals surface area contributed by atoms with E-state index in [0.717, 1.165) is 36.0 Å². The van der Waals surface area contributed by atoms with Gasteiger partial charge in [0.15, 0.2) is 0 Å². The number of esters is 1. The third-order valence-electron chi connectivity index (χ3n) is 5.45. The van der Waals surface area contributed by atoms with E-state index in [1.165, 1.54) is 13.5 Å². The number of amides is 1. The Morgan fingerprint density at radius 3 is 2.74 bits per heavy atom. The first-order valence-electron chi connectivity index (χ1n) is 9.47. The summed E-state index contributed by atoms with van der Waals surface area (Å²) in [6.07, 6.45) is 2.26. The van der Waals surface area contributed by atoms with Crippen molar-refractivity contribution in [1.29, 1.82) is 0 Å². The van der Waals surface area contributed by atoms with E-state index in [4.69, 9.17) is 4.74 Å². The molecule has 27 heavy (non-hydrogen) atoms. The van der Waals surface area contributed by atoms with Crippen LogP contribution in [0.25, 0.3) is 10.9 Å². The van der Waals surface area contributed by atoms with Gasteiger partial charge in [-0.05, 0) is 50.8 Å². The van der Waals surface area contributed by atoms with E-state index >= 15 is 0 Å². The van der Waals surface area contributed by atoms with Crippen LogP contribution in [-0.2, 0) is 9.53 Å². The van der Waals surface area contributed by atoms with Crippen LogP contribution in [0.15, 0.2) is 18.2 Å². The summed E-state index contributed by atoms with van der Waals surface area (Å²) in [7, 11) is 1.34. The number of carbonyl (C=O) groups is 2. The first kappa shape index (κ1) is 19.4. The molecular weight excluding hydrogens is 342 g/mol. The zero-order valence-corrected chi connectivity index (χ0v) is 16.8. The summed E-state index contributed by atoms with van der Waals surface area (Å²) in [4.78, 5) is 30.5. The number of piperidine rings is 1. The molecule has 0 bridgehead atoms. The molecule has 146 valence electrons. The van der Waals surface area contributed by atoms with Crippen molar-refractivity contribution in [1.82, 2.24) is 9.88 Å². The molecule has 1 unspecified atom stereocenters. The van der Waals surface area contributed by atoms with Gasteiger partial charge in [-0.1, -0.05) is 25.5 Å². The molecule has 2 N–H and O–H groups in total. The van der Waals surface area contributed by atoms with Crippen LogP contribution < -0.4 is 5.32 Å². The molecule has 1 amide bonds. The molecule has 0 spiro atoms. The summed E-state index contributed by atoms with van der Waals surface area (Å²) in [5.74, 6) is -0.605. The highest BCUT2D eigenvalue weighted by atomic mass is 16.5. The normalized spacial score (nSPS) is 18.3. The van der Waals surface area contributed by atoms with E-state index in [2.05, 4.69) is 29.0 Å². The van der Waals surface area contributed by atoms with Gasteiger partial charge < -0.3 is 15.0 Å². The lowest BCUT2D eigenvalue weighted by atomic mass is 9.83. The van der Waals surface area contributed by atoms with Crippen LogP contribution in [0.1, 0.15) is 49.7 Å². The van der Waals surface area contributed by atoms with Crippen molar-refractivity contribution in [3.05, 3.63) is 29.5 Å². The lowest BCUT2D eigenvalue weighted by molar-refractivity contribution is -0.121. The third kappa shape index (κ3) is 4.00. The summed E-state index contributed by atoms with van der Waals surface area (Å²) in [6, 6.07) is 5.56. The van der Waals surface area contributed by atoms with Gasteiger partial charge in [-0.2, -0.15) is 0 Å². The second kappa shape index (κ2) is 7.35. The number of hydrogen-bond acceptors (Lipinski definition) is 4. The second-order valence-corrected chi connectivity index (χ2v) is 8.32. The van der Waals surface area contributed by atoms with E-state index in [1.54, 1.807) is 0 Å². The third-order valence-corrected chi connectivity index (χ3v) is 5.45. The maximum Gasteiger partial charge on any atom is 0.356 e. The quantitative estimate of drug-likeness (QED) is 0.804. The molecule has 1 fully saturated rings. The first-order valence-corrected chi connectivity index (χ1v) is 9.47. The van der Waals surface area contributed by atoms with Crippen LogP contribution in [0.5, 0.6) is 0 Å². The number of fused-ring (bicyclic) bond motifs is 1. The fraction of sp³-hybridized carbons (Fsp3) is 0.524. The van der Waals surface area contributed by atoms with Gasteiger partial charge in [-0.15, -0.1) is 0 Å². The molecular formula is C21H29N3O3. The Labute approximate surface area is 160 Å². The molecule has 2 aromatic rings. The molecule has 2 heterocycles. The number of aromatic amines is 1. The predicted octanol–water partition coefficient (Wildman–Crippen LogP) is 3.71. The summed E-state index contributed by atoms with van der Waals surface area (Å²) < 4.78 is 4.89. The number of nitrogens with zero attached hydrogens (tertiary/aromatic N) is 1. The highest BCUT2D eigenvalue weighted by Gasteiger charge is 2.32. The minimum absolute atomic E-state index is 0.111. The lowest BCUT2D eigenvalue weighted by Gasteiger charge is -2.40. The van der Waals surface area contributed by atoms with E-state index < -0.39 is 5.97 Å². The van der Waals surface area contributed by atoms with E-state index in [1.807, 2.05) is 32.0 Å². The molecule has 1 aliphatic heterocycles. The summed E-state index contributed by atoms with van der Waals surface area (Å²) >= 11 is 0. The van der Waals surface area contributed by atoms with Gasteiger partial charge in [0.25, 0.3) is 0 Å². The molecule has 3 rings (SSSR count). The largest absolute Gasteiger partial charge is 0.464 e. The predicted molar refractivity (Wildman–Crippen MR) is 107 cm³/mol. The van der Waals surface area contributed by atoms with Crippen LogP contribution >= 0.6 is 0 Å². The number of aromatic nitrogens is 1. The van der Waals surface area contributed by atoms with Crippen LogP contribution in [0.2, 0.25) is 0 Å². The Balaban J connectivity index is 1.89. The van der Waals surface area contributed by atoms with Crippen molar-refractivity contribution in [2.45, 2.75) is 46.6 Å². The molecule has 1 aromatic heterocycles. The number of aryl methyl sites for hydroxylation is 1. The van der Waals surface area contributed by atoms with Crippen LogP contribution in [-0.4, -0.2) is 48.0 Å². The number of likely N-dealkylation sites (tertiary alicyclic amines) is 1. The SMILES string of the molecule is COC(=O)c1[nH]c2ccc(C)cc2c1NC(=O)C(C)N1CCCC(C)(C)C1. The Morgan fingerprint density at radius 1 is 1.33 bits per heavy atom. The number of benzene rings is 1. The van der Waals surface area contributed by atoms with Gasteiger partial charge in [0.1, 0.15) is 5.69 Å². The van der Waals surface area contributed by atoms with Crippen molar-refractivity contribution in [2.75, 3.05) is 25.5 Å². The number of ether oxygens (including phenoxy) is 1. The summed E-state index contributed by atoms with van der Waals surface area (Å²) in [5.41, 5.74) is 2.83.